The van der Waals surface area contributed by atoms with Crippen molar-refractivity contribution in [2.45, 2.75) is 18.7 Å². The summed E-state index contributed by atoms with van der Waals surface area (Å²) in [5.74, 6) is -0.172. The second-order valence-corrected chi connectivity index (χ2v) is 9.72. The molecule has 0 N–H and O–H groups in total. The Labute approximate surface area is 177 Å². The number of nitrogens with zero attached hydrogens (tertiary/aromatic N) is 3. The Hall–Kier alpha value is -3.04. The van der Waals surface area contributed by atoms with Gasteiger partial charge in [-0.15, -0.1) is 11.3 Å². The number of thiophene rings is 1. The van der Waals surface area contributed by atoms with Gasteiger partial charge in [0.05, 0.1) is 5.69 Å². The minimum Gasteiger partial charge on any atom is -0.333 e. The molecule has 9 heteroatoms. The molecular weight excluding hydrogens is 425 g/mol. The first-order valence-electron chi connectivity index (χ1n) is 9.00. The third-order valence-electron chi connectivity index (χ3n) is 4.54. The van der Waals surface area contributed by atoms with E-state index in [9.17, 15) is 12.8 Å². The molecule has 154 valence electrons. The molecule has 0 aliphatic heterocycles. The molecule has 2 aromatic carbocycles. The Morgan fingerprint density at radius 2 is 1.80 bits per heavy atom. The van der Waals surface area contributed by atoms with Gasteiger partial charge in [0.1, 0.15) is 15.6 Å². The number of anilines is 1. The largest absolute Gasteiger partial charge is 0.333 e. The van der Waals surface area contributed by atoms with Crippen LogP contribution in [0.3, 0.4) is 0 Å². The molecule has 0 saturated carbocycles. The molecule has 0 saturated heterocycles. The van der Waals surface area contributed by atoms with Crippen molar-refractivity contribution in [2.24, 2.45) is 0 Å². The molecule has 0 radical (unpaired) electrons. The fourth-order valence-corrected chi connectivity index (χ4v) is 5.63. The second kappa shape index (κ2) is 7.66. The number of hydrogen-bond acceptors (Lipinski definition) is 6. The van der Waals surface area contributed by atoms with E-state index < -0.39 is 15.8 Å². The summed E-state index contributed by atoms with van der Waals surface area (Å²) in [6.45, 7) is 3.83. The van der Waals surface area contributed by atoms with Gasteiger partial charge in [-0.2, -0.15) is 4.98 Å². The van der Waals surface area contributed by atoms with Crippen LogP contribution >= 0.6 is 11.3 Å². The van der Waals surface area contributed by atoms with Gasteiger partial charge in [-0.1, -0.05) is 23.4 Å². The maximum Gasteiger partial charge on any atom is 0.269 e. The van der Waals surface area contributed by atoms with Crippen LogP contribution in [0.2, 0.25) is 0 Å². The Bertz CT molecular complexity index is 1310. The third-order valence-corrected chi connectivity index (χ3v) is 7.40. The molecular formula is C21H18FN3O3S2. The highest BCUT2D eigenvalue weighted by molar-refractivity contribution is 7.93. The van der Waals surface area contributed by atoms with Crippen molar-refractivity contribution in [3.63, 3.8) is 0 Å². The number of sulfonamides is 1. The number of aromatic nitrogens is 2. The number of aryl methyl sites for hydroxylation is 2. The van der Waals surface area contributed by atoms with Gasteiger partial charge in [0.25, 0.3) is 15.9 Å². The van der Waals surface area contributed by atoms with E-state index >= 15 is 0 Å². The average Bonchev–Trinajstić information content (AvgIpc) is 3.36. The SMILES string of the molecule is Cc1cc(C)cc(N(C)S(=O)(=O)c2ccsc2-c2nc(-c3cccc(F)c3)no2)c1. The van der Waals surface area contributed by atoms with E-state index in [1.807, 2.05) is 32.0 Å². The van der Waals surface area contributed by atoms with Crippen LogP contribution in [-0.4, -0.2) is 25.6 Å². The highest BCUT2D eigenvalue weighted by Crippen LogP contribution is 2.35. The van der Waals surface area contributed by atoms with Gasteiger partial charge in [-0.05, 0) is 60.7 Å². The van der Waals surface area contributed by atoms with Crippen LogP contribution in [0, 0.1) is 19.7 Å². The Morgan fingerprint density at radius 1 is 1.07 bits per heavy atom. The minimum atomic E-state index is -3.87. The molecule has 0 unspecified atom stereocenters. The van der Waals surface area contributed by atoms with E-state index in [1.165, 1.54) is 40.9 Å². The van der Waals surface area contributed by atoms with Crippen molar-refractivity contribution in [3.8, 4) is 22.2 Å². The van der Waals surface area contributed by atoms with Crippen LogP contribution in [0.1, 0.15) is 11.1 Å². The van der Waals surface area contributed by atoms with Gasteiger partial charge in [0, 0.05) is 12.6 Å². The number of benzene rings is 2. The zero-order valence-electron chi connectivity index (χ0n) is 16.5. The first-order valence-corrected chi connectivity index (χ1v) is 11.3. The zero-order chi connectivity index (χ0) is 21.5. The van der Waals surface area contributed by atoms with Crippen LogP contribution in [-0.2, 0) is 10.0 Å². The molecule has 4 rings (SSSR count). The van der Waals surface area contributed by atoms with Crippen molar-refractivity contribution in [3.05, 3.63) is 70.9 Å². The highest BCUT2D eigenvalue weighted by atomic mass is 32.2. The van der Waals surface area contributed by atoms with E-state index in [4.69, 9.17) is 4.52 Å². The van der Waals surface area contributed by atoms with Crippen LogP contribution in [0.15, 0.2) is 63.3 Å². The smallest absolute Gasteiger partial charge is 0.269 e. The molecule has 0 aliphatic rings. The van der Waals surface area contributed by atoms with Crippen LogP contribution in [0.5, 0.6) is 0 Å². The van der Waals surface area contributed by atoms with Gasteiger partial charge < -0.3 is 4.52 Å². The normalized spacial score (nSPS) is 11.6. The van der Waals surface area contributed by atoms with Crippen LogP contribution < -0.4 is 4.31 Å². The summed E-state index contributed by atoms with van der Waals surface area (Å²) in [6, 6.07) is 12.9. The fourth-order valence-electron chi connectivity index (χ4n) is 3.14. The van der Waals surface area contributed by atoms with Crippen molar-refractivity contribution in [2.75, 3.05) is 11.4 Å². The predicted octanol–water partition coefficient (Wildman–Crippen LogP) is 5.05. The molecule has 0 amide bonds. The zero-order valence-corrected chi connectivity index (χ0v) is 18.1. The maximum absolute atomic E-state index is 13.5. The van der Waals surface area contributed by atoms with Gasteiger partial charge in [-0.3, -0.25) is 4.31 Å². The van der Waals surface area contributed by atoms with Crippen LogP contribution in [0.25, 0.3) is 22.2 Å². The van der Waals surface area contributed by atoms with Crippen LogP contribution in [0.4, 0.5) is 10.1 Å². The first-order chi connectivity index (χ1) is 14.3. The van der Waals surface area contributed by atoms with E-state index in [1.54, 1.807) is 17.5 Å². The Morgan fingerprint density at radius 3 is 2.50 bits per heavy atom. The summed E-state index contributed by atoms with van der Waals surface area (Å²) in [7, 11) is -2.36. The Balaban J connectivity index is 1.73. The van der Waals surface area contributed by atoms with Crippen molar-refractivity contribution >= 4 is 27.0 Å². The molecule has 2 heterocycles. The molecule has 0 fully saturated rings. The lowest BCUT2D eigenvalue weighted by atomic mass is 10.1. The number of hydrogen-bond donors (Lipinski definition) is 0. The highest BCUT2D eigenvalue weighted by Gasteiger charge is 2.29. The van der Waals surface area contributed by atoms with E-state index in [-0.39, 0.29) is 16.6 Å². The lowest BCUT2D eigenvalue weighted by molar-refractivity contribution is 0.432. The van der Waals surface area contributed by atoms with Gasteiger partial charge >= 0.3 is 0 Å². The lowest BCUT2D eigenvalue weighted by Gasteiger charge is -2.20. The summed E-state index contributed by atoms with van der Waals surface area (Å²) in [5.41, 5.74) is 2.94. The minimum absolute atomic E-state index is 0.0664. The molecule has 0 atom stereocenters. The van der Waals surface area contributed by atoms with Gasteiger partial charge in [0.2, 0.25) is 5.82 Å². The third kappa shape index (κ3) is 3.73. The molecule has 0 aliphatic carbocycles. The van der Waals surface area contributed by atoms with Gasteiger partial charge in [-0.25, -0.2) is 12.8 Å². The lowest BCUT2D eigenvalue weighted by Crippen LogP contribution is -2.26. The Kier molecular flexibility index (Phi) is 5.17. The molecule has 6 nitrogen and oxygen atoms in total. The van der Waals surface area contributed by atoms with Crippen molar-refractivity contribution in [1.82, 2.24) is 10.1 Å². The number of rotatable bonds is 5. The molecule has 4 aromatic rings. The summed E-state index contributed by atoms with van der Waals surface area (Å²) in [6.07, 6.45) is 0. The second-order valence-electron chi connectivity index (χ2n) is 6.87. The monoisotopic (exact) mass is 443 g/mol. The summed E-state index contributed by atoms with van der Waals surface area (Å²) in [5, 5.41) is 5.53. The molecule has 0 bridgehead atoms. The van der Waals surface area contributed by atoms with Crippen molar-refractivity contribution < 1.29 is 17.3 Å². The molecule has 30 heavy (non-hydrogen) atoms. The quantitative estimate of drug-likeness (QED) is 0.432. The van der Waals surface area contributed by atoms with E-state index in [2.05, 4.69) is 10.1 Å². The fraction of sp³-hybridized carbons (Fsp3) is 0.143. The van der Waals surface area contributed by atoms with Crippen molar-refractivity contribution in [1.29, 1.82) is 0 Å². The summed E-state index contributed by atoms with van der Waals surface area (Å²) >= 11 is 1.18. The maximum atomic E-state index is 13.5. The summed E-state index contributed by atoms with van der Waals surface area (Å²) < 4.78 is 46.7. The standard InChI is InChI=1S/C21H18FN3O3S2/c1-13-9-14(2)11-17(10-13)25(3)30(26,27)18-7-8-29-19(18)21-23-20(24-28-21)15-5-4-6-16(22)12-15/h4-12H,1-3H3. The molecule has 0 spiro atoms. The first kappa shape index (κ1) is 20.2. The average molecular weight is 444 g/mol. The van der Waals surface area contributed by atoms with E-state index in [0.29, 0.717) is 16.1 Å². The topological polar surface area (TPSA) is 76.3 Å². The predicted molar refractivity (Wildman–Crippen MR) is 115 cm³/mol. The number of halogens is 1. The molecule has 2 aromatic heterocycles. The summed E-state index contributed by atoms with van der Waals surface area (Å²) in [4.78, 5) is 4.69. The van der Waals surface area contributed by atoms with Gasteiger partial charge in [0.15, 0.2) is 0 Å². The van der Waals surface area contributed by atoms with E-state index in [0.717, 1.165) is 11.1 Å².